The average molecular weight is 234 g/mol. The molecule has 1 aliphatic rings. The highest BCUT2D eigenvalue weighted by molar-refractivity contribution is 5.93. The summed E-state index contributed by atoms with van der Waals surface area (Å²) in [6.45, 7) is 2.38. The Kier molecular flexibility index (Phi) is 4.35. The van der Waals surface area contributed by atoms with E-state index in [0.717, 1.165) is 31.9 Å². The molecule has 17 heavy (non-hydrogen) atoms. The molecule has 5 heteroatoms. The second kappa shape index (κ2) is 6.22. The molecule has 1 atom stereocenters. The summed E-state index contributed by atoms with van der Waals surface area (Å²) in [6, 6.07) is 9.81. The lowest BCUT2D eigenvalue weighted by atomic mass is 10.1. The molecule has 1 heterocycles. The molecule has 4 N–H and O–H groups in total. The van der Waals surface area contributed by atoms with Gasteiger partial charge in [0.1, 0.15) is 0 Å². The van der Waals surface area contributed by atoms with E-state index in [4.69, 9.17) is 10.6 Å². The summed E-state index contributed by atoms with van der Waals surface area (Å²) >= 11 is 0. The van der Waals surface area contributed by atoms with E-state index in [-0.39, 0.29) is 0 Å². The predicted molar refractivity (Wildman–Crippen MR) is 68.6 cm³/mol. The van der Waals surface area contributed by atoms with Crippen molar-refractivity contribution in [2.75, 3.05) is 25.1 Å². The molecular weight excluding hydrogens is 216 g/mol. The first-order chi connectivity index (χ1) is 8.38. The van der Waals surface area contributed by atoms with E-state index in [2.05, 4.69) is 15.7 Å². The zero-order chi connectivity index (χ0) is 11.9. The number of benzene rings is 1. The van der Waals surface area contributed by atoms with Crippen molar-refractivity contribution >= 4 is 11.6 Å². The van der Waals surface area contributed by atoms with Gasteiger partial charge in [-0.3, -0.25) is 10.4 Å². The Morgan fingerprint density at radius 1 is 1.41 bits per heavy atom. The van der Waals surface area contributed by atoms with Crippen LogP contribution in [0.2, 0.25) is 0 Å². The monoisotopic (exact) mass is 234 g/mol. The number of anilines is 1. The number of para-hydroxylation sites is 1. The largest absolute Gasteiger partial charge is 0.381 e. The zero-order valence-electron chi connectivity index (χ0n) is 9.73. The lowest BCUT2D eigenvalue weighted by molar-refractivity contribution is 0.187. The van der Waals surface area contributed by atoms with E-state index in [1.807, 2.05) is 30.3 Å². The van der Waals surface area contributed by atoms with E-state index < -0.39 is 0 Å². The maximum Gasteiger partial charge on any atom is 0.210 e. The highest BCUT2D eigenvalue weighted by atomic mass is 16.5. The molecule has 1 aromatic rings. The third kappa shape index (κ3) is 3.72. The Morgan fingerprint density at radius 2 is 2.24 bits per heavy atom. The minimum absolute atomic E-state index is 0.510. The van der Waals surface area contributed by atoms with Crippen molar-refractivity contribution in [3.8, 4) is 0 Å². The fraction of sp³-hybridized carbons (Fsp3) is 0.417. The van der Waals surface area contributed by atoms with E-state index in [9.17, 15) is 0 Å². The standard InChI is InChI=1S/C12H18N4O/c13-16-12(14-8-10-6-7-17-9-10)15-11-4-2-1-3-5-11/h1-5,10H,6-9,13H2,(H2,14,15,16). The van der Waals surface area contributed by atoms with Crippen molar-refractivity contribution in [2.45, 2.75) is 6.42 Å². The third-order valence-electron chi connectivity index (χ3n) is 2.70. The van der Waals surface area contributed by atoms with Crippen molar-refractivity contribution in [1.29, 1.82) is 0 Å². The maximum absolute atomic E-state index is 5.43. The molecule has 1 aliphatic heterocycles. The number of guanidine groups is 1. The normalized spacial score (nSPS) is 20.3. The topological polar surface area (TPSA) is 71.7 Å². The Labute approximate surface area is 101 Å². The second-order valence-corrected chi connectivity index (χ2v) is 4.05. The Morgan fingerprint density at radius 3 is 2.88 bits per heavy atom. The highest BCUT2D eigenvalue weighted by Gasteiger charge is 2.14. The lowest BCUT2D eigenvalue weighted by Crippen LogP contribution is -2.36. The van der Waals surface area contributed by atoms with Gasteiger partial charge >= 0.3 is 0 Å². The predicted octanol–water partition coefficient (Wildman–Crippen LogP) is 0.954. The molecule has 1 fully saturated rings. The fourth-order valence-electron chi connectivity index (χ4n) is 1.73. The van der Waals surface area contributed by atoms with E-state index in [0.29, 0.717) is 11.9 Å². The zero-order valence-corrected chi connectivity index (χ0v) is 9.73. The van der Waals surface area contributed by atoms with Gasteiger partial charge in [0.15, 0.2) is 0 Å². The number of hydrogen-bond donors (Lipinski definition) is 3. The van der Waals surface area contributed by atoms with Gasteiger partial charge in [-0.15, -0.1) is 0 Å². The first kappa shape index (κ1) is 11.9. The summed E-state index contributed by atoms with van der Waals surface area (Å²) in [6.07, 6.45) is 1.08. The number of nitrogens with zero attached hydrogens (tertiary/aromatic N) is 1. The number of nitrogens with two attached hydrogens (primary N) is 1. The van der Waals surface area contributed by atoms with Gasteiger partial charge in [-0.1, -0.05) is 18.2 Å². The molecule has 0 saturated carbocycles. The first-order valence-electron chi connectivity index (χ1n) is 5.79. The van der Waals surface area contributed by atoms with E-state index in [1.165, 1.54) is 0 Å². The molecule has 1 saturated heterocycles. The lowest BCUT2D eigenvalue weighted by Gasteiger charge is -2.10. The molecule has 5 nitrogen and oxygen atoms in total. The molecule has 2 rings (SSSR count). The van der Waals surface area contributed by atoms with Crippen LogP contribution < -0.4 is 16.6 Å². The Balaban J connectivity index is 1.89. The molecule has 0 radical (unpaired) electrons. The number of aliphatic imine (C=N–C) groups is 1. The number of nitrogens with one attached hydrogen (secondary N) is 2. The molecule has 1 unspecified atom stereocenters. The van der Waals surface area contributed by atoms with Gasteiger partial charge in [0.2, 0.25) is 5.96 Å². The van der Waals surface area contributed by atoms with Crippen LogP contribution in [0.15, 0.2) is 35.3 Å². The smallest absolute Gasteiger partial charge is 0.210 e. The van der Waals surface area contributed by atoms with Crippen molar-refractivity contribution in [3.63, 3.8) is 0 Å². The first-order valence-corrected chi connectivity index (χ1v) is 5.79. The van der Waals surface area contributed by atoms with Gasteiger partial charge in [0.05, 0.1) is 6.61 Å². The molecule has 92 valence electrons. The van der Waals surface area contributed by atoms with Crippen LogP contribution in [0.5, 0.6) is 0 Å². The quantitative estimate of drug-likeness (QED) is 0.315. The SMILES string of the molecule is NNC(=NCC1CCOC1)Nc1ccccc1. The van der Waals surface area contributed by atoms with Crippen LogP contribution in [0.1, 0.15) is 6.42 Å². The van der Waals surface area contributed by atoms with Gasteiger partial charge in [-0.25, -0.2) is 5.84 Å². The Hall–Kier alpha value is -1.59. The summed E-state index contributed by atoms with van der Waals surface area (Å²) in [4.78, 5) is 4.41. The fourth-order valence-corrected chi connectivity index (χ4v) is 1.73. The van der Waals surface area contributed by atoms with Crippen molar-refractivity contribution < 1.29 is 4.74 Å². The summed E-state index contributed by atoms with van der Waals surface area (Å²) in [7, 11) is 0. The molecule has 0 aromatic heterocycles. The van der Waals surface area contributed by atoms with Crippen LogP contribution in [0.3, 0.4) is 0 Å². The van der Waals surface area contributed by atoms with Gasteiger partial charge in [-0.2, -0.15) is 0 Å². The van der Waals surface area contributed by atoms with Gasteiger partial charge < -0.3 is 10.1 Å². The molecule has 0 amide bonds. The van der Waals surface area contributed by atoms with Crippen molar-refractivity contribution in [2.24, 2.45) is 16.8 Å². The van der Waals surface area contributed by atoms with Crippen LogP contribution in [0.25, 0.3) is 0 Å². The molecule has 0 aliphatic carbocycles. The van der Waals surface area contributed by atoms with Crippen LogP contribution >= 0.6 is 0 Å². The Bertz CT molecular complexity index is 360. The van der Waals surface area contributed by atoms with Gasteiger partial charge in [0, 0.05) is 24.8 Å². The number of hydrogen-bond acceptors (Lipinski definition) is 3. The number of ether oxygens (including phenoxy) is 1. The maximum atomic E-state index is 5.43. The second-order valence-electron chi connectivity index (χ2n) is 4.05. The highest BCUT2D eigenvalue weighted by Crippen LogP contribution is 2.12. The van der Waals surface area contributed by atoms with Gasteiger partial charge in [-0.05, 0) is 18.6 Å². The minimum atomic E-state index is 0.510. The number of hydrazine groups is 1. The van der Waals surface area contributed by atoms with E-state index in [1.54, 1.807) is 0 Å². The summed E-state index contributed by atoms with van der Waals surface area (Å²) in [5.74, 6) is 6.53. The van der Waals surface area contributed by atoms with Crippen LogP contribution in [0.4, 0.5) is 5.69 Å². The van der Waals surface area contributed by atoms with Crippen LogP contribution in [-0.4, -0.2) is 25.7 Å². The summed E-state index contributed by atoms with van der Waals surface area (Å²) in [5.41, 5.74) is 3.54. The van der Waals surface area contributed by atoms with Crippen LogP contribution in [0, 0.1) is 5.92 Å². The third-order valence-corrected chi connectivity index (χ3v) is 2.70. The molecule has 0 spiro atoms. The molecule has 1 aromatic carbocycles. The summed E-state index contributed by atoms with van der Waals surface area (Å²) < 4.78 is 5.30. The average Bonchev–Trinajstić information content (AvgIpc) is 2.89. The van der Waals surface area contributed by atoms with Crippen molar-refractivity contribution in [3.05, 3.63) is 30.3 Å². The summed E-state index contributed by atoms with van der Waals surface area (Å²) in [5, 5.41) is 3.13. The molecular formula is C12H18N4O. The van der Waals surface area contributed by atoms with Crippen molar-refractivity contribution in [1.82, 2.24) is 5.43 Å². The number of rotatable bonds is 3. The van der Waals surface area contributed by atoms with Crippen LogP contribution in [-0.2, 0) is 4.74 Å². The minimum Gasteiger partial charge on any atom is -0.381 e. The van der Waals surface area contributed by atoms with Gasteiger partial charge in [0.25, 0.3) is 0 Å². The molecule has 0 bridgehead atoms. The van der Waals surface area contributed by atoms with E-state index >= 15 is 0 Å².